The van der Waals surface area contributed by atoms with Crippen molar-refractivity contribution in [2.75, 3.05) is 13.4 Å². The van der Waals surface area contributed by atoms with Crippen LogP contribution in [0.3, 0.4) is 0 Å². The van der Waals surface area contributed by atoms with E-state index in [-0.39, 0.29) is 5.76 Å². The molecule has 8 heteroatoms. The van der Waals surface area contributed by atoms with E-state index in [0.29, 0.717) is 15.6 Å². The van der Waals surface area contributed by atoms with Crippen molar-refractivity contribution in [3.8, 4) is 0 Å². The van der Waals surface area contributed by atoms with Crippen LogP contribution in [0.4, 0.5) is 0 Å². The summed E-state index contributed by atoms with van der Waals surface area (Å²) in [5, 5.41) is 0.829. The second-order valence-electron chi connectivity index (χ2n) is 3.00. The van der Waals surface area contributed by atoms with Crippen LogP contribution >= 0.6 is 53.0 Å². The van der Waals surface area contributed by atoms with Crippen molar-refractivity contribution in [1.29, 1.82) is 0 Å². The quantitative estimate of drug-likeness (QED) is 0.508. The Balaban J connectivity index is 3.09. The molecule has 0 heterocycles. The first-order chi connectivity index (χ1) is 8.45. The fourth-order valence-corrected chi connectivity index (χ4v) is 3.41. The molecule has 0 radical (unpaired) electrons. The van der Waals surface area contributed by atoms with E-state index in [0.717, 1.165) is 16.9 Å². The topological polar surface area (TPSA) is 35.5 Å². The third-order valence-electron chi connectivity index (χ3n) is 1.95. The molecular formula is C10H10Cl3O3PS. The molecule has 0 saturated heterocycles. The summed E-state index contributed by atoms with van der Waals surface area (Å²) in [6.45, 7) is -3.28. The largest absolute Gasteiger partial charge is 0.439 e. The molecule has 0 aromatic heterocycles. The maximum absolute atomic E-state index is 12.0. The lowest BCUT2D eigenvalue weighted by atomic mass is 10.2. The molecule has 1 unspecified atom stereocenters. The van der Waals surface area contributed by atoms with Gasteiger partial charge in [-0.2, -0.15) is 0 Å². The minimum Gasteiger partial charge on any atom is -0.415 e. The Labute approximate surface area is 125 Å². The summed E-state index contributed by atoms with van der Waals surface area (Å²) in [4.78, 5) is 0. The summed E-state index contributed by atoms with van der Waals surface area (Å²) in [5.74, 6) is 0.165. The highest BCUT2D eigenvalue weighted by Gasteiger charge is 2.25. The lowest BCUT2D eigenvalue weighted by Gasteiger charge is -2.17. The molecule has 0 aliphatic heterocycles. The van der Waals surface area contributed by atoms with Crippen molar-refractivity contribution >= 4 is 58.7 Å². The van der Waals surface area contributed by atoms with Gasteiger partial charge in [-0.05, 0) is 35.8 Å². The number of halogens is 3. The molecule has 1 aromatic carbocycles. The Morgan fingerprint density at radius 2 is 2.11 bits per heavy atom. The van der Waals surface area contributed by atoms with Crippen LogP contribution in [0.2, 0.25) is 10.0 Å². The summed E-state index contributed by atoms with van der Waals surface area (Å²) < 4.78 is 22.1. The van der Waals surface area contributed by atoms with Gasteiger partial charge in [0.1, 0.15) is 5.76 Å². The van der Waals surface area contributed by atoms with E-state index in [2.05, 4.69) is 0 Å². The first-order valence-electron chi connectivity index (χ1n) is 4.62. The number of benzene rings is 1. The molecule has 1 aromatic rings. The van der Waals surface area contributed by atoms with E-state index < -0.39 is 6.80 Å². The van der Waals surface area contributed by atoms with Gasteiger partial charge in [-0.3, -0.25) is 4.52 Å². The van der Waals surface area contributed by atoms with E-state index in [1.807, 2.05) is 0 Å². The SMILES string of the molecule is COP(=O)(O/C(=C/Cl)c1ccc(Cl)cc1Cl)SC. The Morgan fingerprint density at radius 3 is 2.56 bits per heavy atom. The summed E-state index contributed by atoms with van der Waals surface area (Å²) in [6, 6.07) is 4.79. The zero-order chi connectivity index (χ0) is 13.8. The fourth-order valence-electron chi connectivity index (χ4n) is 1.09. The average Bonchev–Trinajstić information content (AvgIpc) is 2.36. The predicted molar refractivity (Wildman–Crippen MR) is 79.5 cm³/mol. The number of hydrogen-bond acceptors (Lipinski definition) is 4. The first-order valence-corrected chi connectivity index (χ1v) is 9.19. The monoisotopic (exact) mass is 346 g/mol. The van der Waals surface area contributed by atoms with Gasteiger partial charge in [0.25, 0.3) is 0 Å². The lowest BCUT2D eigenvalue weighted by molar-refractivity contribution is 0.330. The van der Waals surface area contributed by atoms with Gasteiger partial charge in [-0.15, -0.1) is 0 Å². The van der Waals surface area contributed by atoms with Gasteiger partial charge in [0.15, 0.2) is 0 Å². The molecule has 0 fully saturated rings. The Morgan fingerprint density at radius 1 is 1.44 bits per heavy atom. The molecule has 3 nitrogen and oxygen atoms in total. The van der Waals surface area contributed by atoms with Crippen LogP contribution in [0.25, 0.3) is 5.76 Å². The van der Waals surface area contributed by atoms with Crippen molar-refractivity contribution in [3.63, 3.8) is 0 Å². The molecule has 0 saturated carbocycles. The van der Waals surface area contributed by atoms with E-state index >= 15 is 0 Å². The number of rotatable bonds is 5. The normalized spacial score (nSPS) is 15.3. The molecule has 0 amide bonds. The second kappa shape index (κ2) is 7.09. The van der Waals surface area contributed by atoms with Crippen LogP contribution in [0.1, 0.15) is 5.56 Å². The molecule has 18 heavy (non-hydrogen) atoms. The van der Waals surface area contributed by atoms with Gasteiger partial charge in [-0.1, -0.05) is 34.8 Å². The predicted octanol–water partition coefficient (Wildman–Crippen LogP) is 5.66. The van der Waals surface area contributed by atoms with Crippen LogP contribution in [0.5, 0.6) is 0 Å². The standard InChI is InChI=1S/C10H10Cl3O3PS/c1-15-17(14,18-2)16-10(6-11)8-4-3-7(12)5-9(8)13/h3-6H,1-2H3/b10-6+. The Hall–Kier alpha value is 0.170. The van der Waals surface area contributed by atoms with Gasteiger partial charge in [-0.25, -0.2) is 4.57 Å². The van der Waals surface area contributed by atoms with Crippen LogP contribution in [-0.4, -0.2) is 13.4 Å². The molecule has 100 valence electrons. The minimum absolute atomic E-state index is 0.165. The van der Waals surface area contributed by atoms with E-state index in [4.69, 9.17) is 43.9 Å². The Bertz CT molecular complexity index is 499. The van der Waals surface area contributed by atoms with Crippen molar-refractivity contribution in [3.05, 3.63) is 39.3 Å². The first kappa shape index (κ1) is 16.2. The third kappa shape index (κ3) is 4.09. The molecule has 1 atom stereocenters. The molecule has 1 rings (SSSR count). The van der Waals surface area contributed by atoms with Gasteiger partial charge in [0, 0.05) is 23.2 Å². The van der Waals surface area contributed by atoms with Crippen molar-refractivity contribution in [2.45, 2.75) is 0 Å². The third-order valence-corrected chi connectivity index (χ3v) is 6.03. The van der Waals surface area contributed by atoms with Gasteiger partial charge in [0.2, 0.25) is 0 Å². The zero-order valence-corrected chi connectivity index (χ0v) is 13.5. The fraction of sp³-hybridized carbons (Fsp3) is 0.200. The van der Waals surface area contributed by atoms with E-state index in [9.17, 15) is 4.57 Å². The van der Waals surface area contributed by atoms with Gasteiger partial charge < -0.3 is 4.52 Å². The highest BCUT2D eigenvalue weighted by molar-refractivity contribution is 8.54. The lowest BCUT2D eigenvalue weighted by Crippen LogP contribution is -1.92. The number of hydrogen-bond donors (Lipinski definition) is 0. The molecule has 0 aliphatic rings. The van der Waals surface area contributed by atoms with E-state index in [1.54, 1.807) is 24.5 Å². The molecule has 0 spiro atoms. The molecule has 0 bridgehead atoms. The molecule has 0 N–H and O–H groups in total. The highest BCUT2D eigenvalue weighted by atomic mass is 35.5. The summed E-state index contributed by atoms with van der Waals surface area (Å²) >= 11 is 18.4. The highest BCUT2D eigenvalue weighted by Crippen LogP contribution is 2.61. The van der Waals surface area contributed by atoms with Gasteiger partial charge in [0.05, 0.1) is 5.02 Å². The van der Waals surface area contributed by atoms with Crippen molar-refractivity contribution in [2.24, 2.45) is 0 Å². The van der Waals surface area contributed by atoms with Crippen molar-refractivity contribution in [1.82, 2.24) is 0 Å². The van der Waals surface area contributed by atoms with Gasteiger partial charge >= 0.3 is 6.80 Å². The maximum Gasteiger partial charge on any atom is 0.439 e. The maximum atomic E-state index is 12.0. The molecular weight excluding hydrogens is 338 g/mol. The van der Waals surface area contributed by atoms with Crippen LogP contribution in [-0.2, 0) is 13.6 Å². The summed E-state index contributed by atoms with van der Waals surface area (Å²) in [6.07, 6.45) is 1.61. The summed E-state index contributed by atoms with van der Waals surface area (Å²) in [5.41, 5.74) is 1.64. The second-order valence-corrected chi connectivity index (χ2v) is 8.31. The van der Waals surface area contributed by atoms with E-state index in [1.165, 1.54) is 7.11 Å². The minimum atomic E-state index is -3.28. The average molecular weight is 348 g/mol. The van der Waals surface area contributed by atoms with Crippen molar-refractivity contribution < 1.29 is 13.6 Å². The zero-order valence-electron chi connectivity index (χ0n) is 9.52. The van der Waals surface area contributed by atoms with Crippen LogP contribution < -0.4 is 0 Å². The van der Waals surface area contributed by atoms with Crippen LogP contribution in [0, 0.1) is 0 Å². The summed E-state index contributed by atoms with van der Waals surface area (Å²) in [7, 11) is 1.30. The Kier molecular flexibility index (Phi) is 6.39. The van der Waals surface area contributed by atoms with Crippen LogP contribution in [0.15, 0.2) is 23.7 Å². The molecule has 0 aliphatic carbocycles. The smallest absolute Gasteiger partial charge is 0.415 e.